The Morgan fingerprint density at radius 2 is 1.50 bits per heavy atom. The molecule has 3 aromatic rings. The maximum absolute atomic E-state index is 11.5. The van der Waals surface area contributed by atoms with Gasteiger partial charge in [0.2, 0.25) is 0 Å². The average molecular weight is 497 g/mol. The van der Waals surface area contributed by atoms with Crippen LogP contribution in [0.4, 0.5) is 17.1 Å². The number of hydrogen-bond acceptors (Lipinski definition) is 11. The van der Waals surface area contributed by atoms with Crippen molar-refractivity contribution in [3.63, 3.8) is 0 Å². The van der Waals surface area contributed by atoms with Crippen LogP contribution in [0.25, 0.3) is 10.8 Å². The van der Waals surface area contributed by atoms with Crippen LogP contribution in [0.3, 0.4) is 0 Å². The SMILES string of the molecule is COc1ccc(N=Nc2ccc(N)c3c(O)cc(S(=O)(=O)[O-])cc23)c(S(=O)(=O)[O-])c1.[Na+].[Na+]. The van der Waals surface area contributed by atoms with E-state index in [1.165, 1.54) is 31.4 Å². The van der Waals surface area contributed by atoms with Crippen molar-refractivity contribution >= 4 is 48.1 Å². The van der Waals surface area contributed by atoms with E-state index < -0.39 is 35.8 Å². The van der Waals surface area contributed by atoms with Gasteiger partial charge in [0.25, 0.3) is 0 Å². The van der Waals surface area contributed by atoms with Gasteiger partial charge in [-0.05, 0) is 42.5 Å². The second-order valence-electron chi connectivity index (χ2n) is 5.98. The number of phenolic OH excluding ortho intramolecular Hbond substituents is 1. The molecule has 3 N–H and O–H groups in total. The number of ether oxygens (including phenoxy) is 1. The Hall–Kier alpha value is -1.26. The molecule has 0 atom stereocenters. The molecule has 0 saturated heterocycles. The molecule has 0 unspecified atom stereocenters. The van der Waals surface area contributed by atoms with Gasteiger partial charge in [0.05, 0.1) is 22.6 Å². The quantitative estimate of drug-likeness (QED) is 0.155. The number of aromatic hydroxyl groups is 1. The van der Waals surface area contributed by atoms with E-state index in [1.807, 2.05) is 0 Å². The van der Waals surface area contributed by atoms with Crippen molar-refractivity contribution < 1.29 is 94.9 Å². The van der Waals surface area contributed by atoms with Crippen LogP contribution in [-0.4, -0.2) is 38.2 Å². The van der Waals surface area contributed by atoms with E-state index in [0.29, 0.717) is 0 Å². The fraction of sp³-hybridized carbons (Fsp3) is 0.0588. The predicted octanol–water partition coefficient (Wildman–Crippen LogP) is -3.63. The molecule has 0 spiro atoms. The molecule has 11 nitrogen and oxygen atoms in total. The molecule has 0 aliphatic rings. The van der Waals surface area contributed by atoms with Crippen LogP contribution >= 0.6 is 0 Å². The molecule has 3 rings (SSSR count). The van der Waals surface area contributed by atoms with Gasteiger partial charge in [0.15, 0.2) is 0 Å². The van der Waals surface area contributed by atoms with Crippen LogP contribution in [0.1, 0.15) is 0 Å². The Morgan fingerprint density at radius 3 is 2.06 bits per heavy atom. The monoisotopic (exact) mass is 497 g/mol. The second kappa shape index (κ2) is 10.8. The summed E-state index contributed by atoms with van der Waals surface area (Å²) in [5.41, 5.74) is 5.55. The first-order valence-electron chi connectivity index (χ1n) is 7.98. The summed E-state index contributed by atoms with van der Waals surface area (Å²) in [6, 6.07) is 7.91. The first-order valence-corrected chi connectivity index (χ1v) is 10.8. The number of nitrogen functional groups attached to an aromatic ring is 1. The topological polar surface area (TPSA) is 195 Å². The van der Waals surface area contributed by atoms with Crippen molar-refractivity contribution in [2.24, 2.45) is 10.2 Å². The van der Waals surface area contributed by atoms with E-state index in [0.717, 1.165) is 18.2 Å². The molecule has 0 heterocycles. The van der Waals surface area contributed by atoms with Gasteiger partial charge < -0.3 is 24.7 Å². The molecule has 0 aliphatic heterocycles. The van der Waals surface area contributed by atoms with Crippen molar-refractivity contribution in [1.82, 2.24) is 0 Å². The Bertz CT molecular complexity index is 1410. The molecule has 158 valence electrons. The van der Waals surface area contributed by atoms with E-state index in [2.05, 4.69) is 10.2 Å². The molecular formula is C17H13N3Na2O8S2. The number of fused-ring (bicyclic) bond motifs is 1. The molecule has 0 radical (unpaired) electrons. The molecular weight excluding hydrogens is 484 g/mol. The average Bonchev–Trinajstić information content (AvgIpc) is 2.65. The second-order valence-corrected chi connectivity index (χ2v) is 8.71. The zero-order valence-electron chi connectivity index (χ0n) is 17.1. The molecule has 3 aromatic carbocycles. The fourth-order valence-electron chi connectivity index (χ4n) is 2.69. The summed E-state index contributed by atoms with van der Waals surface area (Å²) in [5.74, 6) is -0.458. The predicted molar refractivity (Wildman–Crippen MR) is 103 cm³/mol. The number of anilines is 1. The van der Waals surface area contributed by atoms with Crippen molar-refractivity contribution in [3.8, 4) is 11.5 Å². The summed E-state index contributed by atoms with van der Waals surface area (Å²) < 4.78 is 73.5. The minimum Gasteiger partial charge on any atom is -0.744 e. The first kappa shape index (κ1) is 28.8. The van der Waals surface area contributed by atoms with Gasteiger partial charge in [-0.3, -0.25) is 0 Å². The zero-order chi connectivity index (χ0) is 22.3. The van der Waals surface area contributed by atoms with Gasteiger partial charge >= 0.3 is 59.1 Å². The third kappa shape index (κ3) is 6.20. The molecule has 0 amide bonds. The van der Waals surface area contributed by atoms with Gasteiger partial charge in [-0.15, -0.1) is 10.2 Å². The Morgan fingerprint density at radius 1 is 0.906 bits per heavy atom. The normalized spacial score (nSPS) is 11.7. The van der Waals surface area contributed by atoms with Crippen LogP contribution in [0.15, 0.2) is 62.5 Å². The number of azo groups is 1. The number of nitrogens with zero attached hydrogens (tertiary/aromatic N) is 2. The summed E-state index contributed by atoms with van der Waals surface area (Å²) in [4.78, 5) is -1.40. The van der Waals surface area contributed by atoms with Crippen LogP contribution < -0.4 is 69.6 Å². The summed E-state index contributed by atoms with van der Waals surface area (Å²) in [6.45, 7) is 0. The minimum absolute atomic E-state index is 0. The fourth-order valence-corrected chi connectivity index (χ4v) is 3.84. The van der Waals surface area contributed by atoms with Crippen molar-refractivity contribution in [1.29, 1.82) is 0 Å². The maximum Gasteiger partial charge on any atom is 1.00 e. The maximum atomic E-state index is 11.5. The molecule has 32 heavy (non-hydrogen) atoms. The van der Waals surface area contributed by atoms with Crippen molar-refractivity contribution in [3.05, 3.63) is 42.5 Å². The number of phenols is 1. The van der Waals surface area contributed by atoms with Crippen LogP contribution in [0, 0.1) is 0 Å². The molecule has 15 heteroatoms. The zero-order valence-corrected chi connectivity index (χ0v) is 22.8. The van der Waals surface area contributed by atoms with Crippen molar-refractivity contribution in [2.75, 3.05) is 12.8 Å². The van der Waals surface area contributed by atoms with Gasteiger partial charge in [-0.2, -0.15) is 0 Å². The third-order valence-electron chi connectivity index (χ3n) is 4.07. The minimum atomic E-state index is -4.92. The van der Waals surface area contributed by atoms with E-state index in [9.17, 15) is 31.0 Å². The standard InChI is InChI=1S/C17H15N3O8S2.2Na/c1-28-9-2-4-14(16(6-9)30(25,26)27)20-19-13-5-3-12(18)17-11(13)7-10(8-15(17)21)29(22,23)24;;/h2-8,21H,18H2,1H3,(H,22,23,24)(H,25,26,27);;/q;2*+1/p-2. The van der Waals surface area contributed by atoms with Gasteiger partial charge in [0, 0.05) is 16.5 Å². The molecule has 0 bridgehead atoms. The molecule has 0 aliphatic carbocycles. The van der Waals surface area contributed by atoms with E-state index >= 15 is 0 Å². The number of rotatable bonds is 5. The third-order valence-corrected chi connectivity index (χ3v) is 5.75. The van der Waals surface area contributed by atoms with Crippen LogP contribution in [0.5, 0.6) is 11.5 Å². The van der Waals surface area contributed by atoms with Gasteiger partial charge in [-0.25, -0.2) is 16.8 Å². The van der Waals surface area contributed by atoms with Crippen molar-refractivity contribution in [2.45, 2.75) is 9.79 Å². The van der Waals surface area contributed by atoms with Gasteiger partial charge in [-0.1, -0.05) is 0 Å². The smallest absolute Gasteiger partial charge is 0.744 e. The summed E-state index contributed by atoms with van der Waals surface area (Å²) in [5, 5.41) is 17.7. The summed E-state index contributed by atoms with van der Waals surface area (Å²) in [7, 11) is -8.54. The van der Waals surface area contributed by atoms with Gasteiger partial charge in [0.1, 0.15) is 37.4 Å². The van der Waals surface area contributed by atoms with Crippen LogP contribution in [0.2, 0.25) is 0 Å². The van der Waals surface area contributed by atoms with E-state index in [-0.39, 0.29) is 92.7 Å². The molecule has 0 saturated carbocycles. The number of methoxy groups -OCH3 is 1. The Kier molecular flexibility index (Phi) is 9.69. The summed E-state index contributed by atoms with van der Waals surface area (Å²) >= 11 is 0. The Labute approximate surface area is 227 Å². The summed E-state index contributed by atoms with van der Waals surface area (Å²) in [6.07, 6.45) is 0. The molecule has 0 fully saturated rings. The number of benzene rings is 3. The Balaban J connectivity index is 0.00000256. The van der Waals surface area contributed by atoms with Crippen LogP contribution in [-0.2, 0) is 20.2 Å². The van der Waals surface area contributed by atoms with E-state index in [4.69, 9.17) is 10.5 Å². The number of nitrogens with two attached hydrogens (primary N) is 1. The molecule has 0 aromatic heterocycles. The van der Waals surface area contributed by atoms with E-state index in [1.54, 1.807) is 0 Å². The number of hydrogen-bond donors (Lipinski definition) is 2. The first-order chi connectivity index (χ1) is 13.9. The largest absolute Gasteiger partial charge is 1.00 e.